The van der Waals surface area contributed by atoms with Crippen molar-refractivity contribution in [2.24, 2.45) is 0 Å². The first-order valence-electron chi connectivity index (χ1n) is 5.22. The fourth-order valence-electron chi connectivity index (χ4n) is 1.06. The number of aryl methyl sites for hydroxylation is 4. The van der Waals surface area contributed by atoms with Crippen LogP contribution in [0.15, 0.2) is 9.05 Å². The summed E-state index contributed by atoms with van der Waals surface area (Å²) >= 11 is 0. The van der Waals surface area contributed by atoms with Crippen LogP contribution in [0.1, 0.15) is 34.0 Å². The van der Waals surface area contributed by atoms with Crippen molar-refractivity contribution >= 4 is 0 Å². The van der Waals surface area contributed by atoms with Crippen LogP contribution in [-0.4, -0.2) is 10.3 Å². The van der Waals surface area contributed by atoms with Gasteiger partial charge in [0.15, 0.2) is 0 Å². The maximum absolute atomic E-state index is 4.84. The van der Waals surface area contributed by atoms with Crippen LogP contribution in [0, 0.1) is 41.5 Å². The van der Waals surface area contributed by atoms with Gasteiger partial charge in [0.2, 0.25) is 0 Å². The average Bonchev–Trinajstić information content (AvgIpc) is 2.70. The molecule has 4 heteroatoms. The van der Waals surface area contributed by atoms with Crippen LogP contribution >= 0.6 is 0 Å². The summed E-state index contributed by atoms with van der Waals surface area (Å²) in [5, 5.41) is 7.48. The van der Waals surface area contributed by atoms with E-state index in [0.29, 0.717) is 0 Å². The van der Waals surface area contributed by atoms with Gasteiger partial charge in [-0.1, -0.05) is 10.3 Å². The first-order valence-corrected chi connectivity index (χ1v) is 5.22. The third-order valence-corrected chi connectivity index (χ3v) is 2.78. The standard InChI is InChI=1S/2C6H9NO/c2*1-4-5(2)7-8-6(4)3/h2*1-3H3. The summed E-state index contributed by atoms with van der Waals surface area (Å²) in [5.74, 6) is 1.84. The Bertz CT molecular complexity index is 386. The molecule has 88 valence electrons. The van der Waals surface area contributed by atoms with E-state index in [9.17, 15) is 0 Å². The molecular weight excluding hydrogens is 204 g/mol. The molecule has 0 fully saturated rings. The highest BCUT2D eigenvalue weighted by molar-refractivity contribution is 5.18. The summed E-state index contributed by atoms with van der Waals surface area (Å²) < 4.78 is 9.69. The summed E-state index contributed by atoms with van der Waals surface area (Å²) in [6.07, 6.45) is 0. The van der Waals surface area contributed by atoms with Gasteiger partial charge < -0.3 is 9.05 Å². The fraction of sp³-hybridized carbons (Fsp3) is 0.500. The van der Waals surface area contributed by atoms with Crippen molar-refractivity contribution < 1.29 is 9.05 Å². The van der Waals surface area contributed by atoms with Crippen molar-refractivity contribution in [2.75, 3.05) is 0 Å². The van der Waals surface area contributed by atoms with Gasteiger partial charge in [-0.25, -0.2) is 0 Å². The molecule has 2 aromatic heterocycles. The van der Waals surface area contributed by atoms with Crippen molar-refractivity contribution in [3.05, 3.63) is 34.0 Å². The third kappa shape index (κ3) is 2.72. The SMILES string of the molecule is Cc1noc(C)c1C.Cc1noc(C)c1C. The van der Waals surface area contributed by atoms with Gasteiger partial charge in [0.1, 0.15) is 11.5 Å². The predicted octanol–water partition coefficient (Wildman–Crippen LogP) is 3.20. The van der Waals surface area contributed by atoms with E-state index in [1.807, 2.05) is 41.5 Å². The minimum absolute atomic E-state index is 0.919. The van der Waals surface area contributed by atoms with E-state index in [1.54, 1.807) is 0 Å². The van der Waals surface area contributed by atoms with Gasteiger partial charge in [-0.2, -0.15) is 0 Å². The Labute approximate surface area is 95.6 Å². The maximum Gasteiger partial charge on any atom is 0.136 e. The largest absolute Gasteiger partial charge is 0.361 e. The van der Waals surface area contributed by atoms with Gasteiger partial charge in [-0.05, 0) is 41.5 Å². The second-order valence-electron chi connectivity index (χ2n) is 3.90. The molecule has 2 rings (SSSR count). The third-order valence-electron chi connectivity index (χ3n) is 2.78. The lowest BCUT2D eigenvalue weighted by atomic mass is 10.2. The summed E-state index contributed by atoms with van der Waals surface area (Å²) in [5.41, 5.74) is 4.29. The predicted molar refractivity (Wildman–Crippen MR) is 61.4 cm³/mol. The first-order chi connectivity index (χ1) is 7.43. The van der Waals surface area contributed by atoms with E-state index >= 15 is 0 Å². The Kier molecular flexibility index (Phi) is 3.88. The molecule has 0 spiro atoms. The van der Waals surface area contributed by atoms with Crippen LogP contribution in [0.2, 0.25) is 0 Å². The van der Waals surface area contributed by atoms with E-state index in [2.05, 4.69) is 10.3 Å². The molecule has 0 bridgehead atoms. The number of hydrogen-bond acceptors (Lipinski definition) is 4. The second kappa shape index (κ2) is 4.96. The van der Waals surface area contributed by atoms with Gasteiger partial charge in [0.05, 0.1) is 11.4 Å². The zero-order valence-electron chi connectivity index (χ0n) is 10.7. The smallest absolute Gasteiger partial charge is 0.136 e. The monoisotopic (exact) mass is 222 g/mol. The van der Waals surface area contributed by atoms with Gasteiger partial charge in [-0.15, -0.1) is 0 Å². The summed E-state index contributed by atoms with van der Waals surface area (Å²) in [6.45, 7) is 11.7. The minimum Gasteiger partial charge on any atom is -0.361 e. The molecule has 4 nitrogen and oxygen atoms in total. The van der Waals surface area contributed by atoms with Crippen molar-refractivity contribution in [2.45, 2.75) is 41.5 Å². The quantitative estimate of drug-likeness (QED) is 0.686. The summed E-state index contributed by atoms with van der Waals surface area (Å²) in [7, 11) is 0. The lowest BCUT2D eigenvalue weighted by Crippen LogP contribution is -1.73. The zero-order chi connectivity index (χ0) is 12.3. The molecule has 0 unspecified atom stereocenters. The van der Waals surface area contributed by atoms with Gasteiger partial charge in [-0.3, -0.25) is 0 Å². The Balaban J connectivity index is 0.000000160. The number of rotatable bonds is 0. The average molecular weight is 222 g/mol. The van der Waals surface area contributed by atoms with Crippen LogP contribution in [0.4, 0.5) is 0 Å². The van der Waals surface area contributed by atoms with Crippen LogP contribution in [0.25, 0.3) is 0 Å². The van der Waals surface area contributed by atoms with Crippen molar-refractivity contribution in [1.29, 1.82) is 0 Å². The van der Waals surface area contributed by atoms with E-state index < -0.39 is 0 Å². The van der Waals surface area contributed by atoms with Crippen molar-refractivity contribution in [3.8, 4) is 0 Å². The Morgan fingerprint density at radius 1 is 0.625 bits per heavy atom. The maximum atomic E-state index is 4.84. The molecule has 0 aliphatic carbocycles. The Hall–Kier alpha value is -1.58. The lowest BCUT2D eigenvalue weighted by Gasteiger charge is -1.80. The van der Waals surface area contributed by atoms with Crippen LogP contribution in [0.5, 0.6) is 0 Å². The van der Waals surface area contributed by atoms with E-state index in [-0.39, 0.29) is 0 Å². The topological polar surface area (TPSA) is 52.1 Å². The Morgan fingerprint density at radius 3 is 1.00 bits per heavy atom. The van der Waals surface area contributed by atoms with Crippen LogP contribution < -0.4 is 0 Å². The van der Waals surface area contributed by atoms with Crippen LogP contribution in [0.3, 0.4) is 0 Å². The molecule has 0 radical (unpaired) electrons. The second-order valence-corrected chi connectivity index (χ2v) is 3.90. The molecule has 0 N–H and O–H groups in total. The Morgan fingerprint density at radius 2 is 0.938 bits per heavy atom. The highest BCUT2D eigenvalue weighted by atomic mass is 16.5. The van der Waals surface area contributed by atoms with Crippen molar-refractivity contribution in [1.82, 2.24) is 10.3 Å². The zero-order valence-corrected chi connectivity index (χ0v) is 10.7. The molecule has 0 saturated carbocycles. The molecule has 2 aromatic rings. The van der Waals surface area contributed by atoms with E-state index in [0.717, 1.165) is 34.0 Å². The fourth-order valence-corrected chi connectivity index (χ4v) is 1.06. The van der Waals surface area contributed by atoms with Crippen LogP contribution in [-0.2, 0) is 0 Å². The molecule has 2 heterocycles. The number of aromatic nitrogens is 2. The van der Waals surface area contributed by atoms with Gasteiger partial charge in [0.25, 0.3) is 0 Å². The molecule has 0 aliphatic heterocycles. The molecule has 0 aromatic carbocycles. The number of hydrogen-bond donors (Lipinski definition) is 0. The van der Waals surface area contributed by atoms with Gasteiger partial charge in [0, 0.05) is 11.1 Å². The first kappa shape index (κ1) is 12.5. The highest BCUT2D eigenvalue weighted by Crippen LogP contribution is 2.08. The number of nitrogens with zero attached hydrogens (tertiary/aromatic N) is 2. The molecule has 0 aliphatic rings. The summed E-state index contributed by atoms with van der Waals surface area (Å²) in [6, 6.07) is 0. The lowest BCUT2D eigenvalue weighted by molar-refractivity contribution is 0.392. The van der Waals surface area contributed by atoms with Crippen molar-refractivity contribution in [3.63, 3.8) is 0 Å². The van der Waals surface area contributed by atoms with Gasteiger partial charge >= 0.3 is 0 Å². The summed E-state index contributed by atoms with van der Waals surface area (Å²) in [4.78, 5) is 0. The highest BCUT2D eigenvalue weighted by Gasteiger charge is 2.00. The van der Waals surface area contributed by atoms with E-state index in [1.165, 1.54) is 0 Å². The van der Waals surface area contributed by atoms with E-state index in [4.69, 9.17) is 9.05 Å². The normalized spacial score (nSPS) is 9.88. The molecular formula is C12H18N2O2. The molecule has 0 atom stereocenters. The minimum atomic E-state index is 0.919. The molecule has 0 saturated heterocycles. The molecule has 16 heavy (non-hydrogen) atoms. The molecule has 0 amide bonds.